The third kappa shape index (κ3) is 5.41. The van der Waals surface area contributed by atoms with Gasteiger partial charge >= 0.3 is 6.18 Å². The third-order valence-electron chi connectivity index (χ3n) is 2.63. The Labute approximate surface area is 126 Å². The van der Waals surface area contributed by atoms with Crippen molar-refractivity contribution in [3.8, 4) is 0 Å². The van der Waals surface area contributed by atoms with E-state index in [1.54, 1.807) is 0 Å². The van der Waals surface area contributed by atoms with Gasteiger partial charge in [0.05, 0.1) is 0 Å². The van der Waals surface area contributed by atoms with Crippen LogP contribution in [0.4, 0.5) is 19.0 Å². The largest absolute Gasteiger partial charge is 0.406 e. The second kappa shape index (κ2) is 6.98. The van der Waals surface area contributed by atoms with Crippen molar-refractivity contribution in [1.29, 1.82) is 0 Å². The summed E-state index contributed by atoms with van der Waals surface area (Å²) < 4.78 is 37.7. The Bertz CT molecular complexity index is 506. The highest BCUT2D eigenvalue weighted by Crippen LogP contribution is 2.22. The second-order valence-electron chi connectivity index (χ2n) is 4.74. The second-order valence-corrected chi connectivity index (χ2v) is 5.12. The van der Waals surface area contributed by atoms with Crippen LogP contribution in [0.2, 0.25) is 5.15 Å². The van der Waals surface area contributed by atoms with E-state index in [0.29, 0.717) is 12.4 Å². The highest BCUT2D eigenvalue weighted by Gasteiger charge is 2.34. The van der Waals surface area contributed by atoms with Crippen molar-refractivity contribution in [2.75, 3.05) is 18.4 Å². The van der Waals surface area contributed by atoms with Crippen LogP contribution in [0.25, 0.3) is 0 Å². The van der Waals surface area contributed by atoms with Crippen LogP contribution in [-0.4, -0.2) is 41.1 Å². The molecule has 8 heteroatoms. The van der Waals surface area contributed by atoms with Crippen molar-refractivity contribution in [1.82, 2.24) is 9.88 Å². The molecule has 0 aliphatic heterocycles. The van der Waals surface area contributed by atoms with Crippen LogP contribution in [0.15, 0.2) is 12.1 Å². The molecule has 4 nitrogen and oxygen atoms in total. The fraction of sp³-hybridized carbons (Fsp3) is 0.538. The first-order chi connectivity index (χ1) is 9.64. The lowest BCUT2D eigenvalue weighted by Gasteiger charge is -2.28. The molecule has 0 saturated carbocycles. The van der Waals surface area contributed by atoms with Crippen LogP contribution >= 0.6 is 11.6 Å². The van der Waals surface area contributed by atoms with Crippen molar-refractivity contribution in [3.05, 3.63) is 22.8 Å². The SMILES string of the molecule is CCNc1cc(C(=O)N(CC(F)(F)F)C(C)C)cc(Cl)n1. The minimum atomic E-state index is -4.46. The molecule has 1 heterocycles. The smallest absolute Gasteiger partial charge is 0.370 e. The quantitative estimate of drug-likeness (QED) is 0.842. The fourth-order valence-electron chi connectivity index (χ4n) is 1.74. The summed E-state index contributed by atoms with van der Waals surface area (Å²) in [5.74, 6) is -0.380. The summed E-state index contributed by atoms with van der Waals surface area (Å²) in [6.45, 7) is 4.13. The number of alkyl halides is 3. The molecule has 118 valence electrons. The number of hydrogen-bond acceptors (Lipinski definition) is 3. The third-order valence-corrected chi connectivity index (χ3v) is 2.83. The first kappa shape index (κ1) is 17.6. The number of nitrogens with zero attached hydrogens (tertiary/aromatic N) is 2. The van der Waals surface area contributed by atoms with E-state index in [1.165, 1.54) is 26.0 Å². The molecule has 0 radical (unpaired) electrons. The molecule has 0 atom stereocenters. The van der Waals surface area contributed by atoms with E-state index in [0.717, 1.165) is 4.90 Å². The average Bonchev–Trinajstić information content (AvgIpc) is 2.33. The molecule has 0 saturated heterocycles. The number of rotatable bonds is 5. The van der Waals surface area contributed by atoms with Crippen molar-refractivity contribution in [2.24, 2.45) is 0 Å². The highest BCUT2D eigenvalue weighted by atomic mass is 35.5. The van der Waals surface area contributed by atoms with Crippen molar-refractivity contribution in [2.45, 2.75) is 33.0 Å². The molecule has 0 aliphatic rings. The van der Waals surface area contributed by atoms with E-state index < -0.39 is 24.7 Å². The summed E-state index contributed by atoms with van der Waals surface area (Å²) in [5, 5.41) is 2.92. The van der Waals surface area contributed by atoms with Gasteiger partial charge in [0.15, 0.2) is 0 Å². The Kier molecular flexibility index (Phi) is 5.83. The highest BCUT2D eigenvalue weighted by molar-refractivity contribution is 6.29. The summed E-state index contributed by atoms with van der Waals surface area (Å²) >= 11 is 5.80. The molecule has 0 bridgehead atoms. The zero-order valence-electron chi connectivity index (χ0n) is 12.0. The van der Waals surface area contributed by atoms with Crippen molar-refractivity contribution in [3.63, 3.8) is 0 Å². The number of nitrogens with one attached hydrogen (secondary N) is 1. The number of amides is 1. The molecule has 21 heavy (non-hydrogen) atoms. The van der Waals surface area contributed by atoms with E-state index in [1.807, 2.05) is 6.92 Å². The van der Waals surface area contributed by atoms with Gasteiger partial charge in [-0.3, -0.25) is 4.79 Å². The maximum absolute atomic E-state index is 12.6. The van der Waals surface area contributed by atoms with Crippen LogP contribution in [0, 0.1) is 0 Å². The van der Waals surface area contributed by atoms with Gasteiger partial charge in [0.1, 0.15) is 17.5 Å². The van der Waals surface area contributed by atoms with Crippen LogP contribution in [0.3, 0.4) is 0 Å². The number of carbonyl (C=O) groups is 1. The zero-order valence-corrected chi connectivity index (χ0v) is 12.7. The molecule has 1 aromatic heterocycles. The van der Waals surface area contributed by atoms with Gasteiger partial charge in [0, 0.05) is 18.2 Å². The Morgan fingerprint density at radius 3 is 2.52 bits per heavy atom. The van der Waals surface area contributed by atoms with Gasteiger partial charge in [0.25, 0.3) is 5.91 Å². The van der Waals surface area contributed by atoms with Gasteiger partial charge in [-0.1, -0.05) is 11.6 Å². The van der Waals surface area contributed by atoms with E-state index in [9.17, 15) is 18.0 Å². The standard InChI is InChI=1S/C13H17ClF3N3O/c1-4-18-11-6-9(5-10(14)19-11)12(21)20(8(2)3)7-13(15,16)17/h5-6,8H,4,7H2,1-3H3,(H,18,19). The lowest BCUT2D eigenvalue weighted by atomic mass is 10.2. The van der Waals surface area contributed by atoms with Crippen LogP contribution < -0.4 is 5.32 Å². The molecule has 0 unspecified atom stereocenters. The Morgan fingerprint density at radius 2 is 2.05 bits per heavy atom. The molecule has 1 amide bonds. The van der Waals surface area contributed by atoms with Gasteiger partial charge in [-0.25, -0.2) is 4.98 Å². The lowest BCUT2D eigenvalue weighted by molar-refractivity contribution is -0.143. The molecule has 1 aromatic rings. The summed E-state index contributed by atoms with van der Waals surface area (Å²) in [7, 11) is 0. The van der Waals surface area contributed by atoms with E-state index >= 15 is 0 Å². The number of anilines is 1. The molecular formula is C13H17ClF3N3O. The zero-order chi connectivity index (χ0) is 16.2. The summed E-state index contributed by atoms with van der Waals surface area (Å²) in [6.07, 6.45) is -4.46. The monoisotopic (exact) mass is 323 g/mol. The summed E-state index contributed by atoms with van der Waals surface area (Å²) in [6, 6.07) is 2.06. The van der Waals surface area contributed by atoms with E-state index in [-0.39, 0.29) is 10.7 Å². The summed E-state index contributed by atoms with van der Waals surface area (Å²) in [5.41, 5.74) is 0.0731. The molecular weight excluding hydrogens is 307 g/mol. The van der Waals surface area contributed by atoms with E-state index in [4.69, 9.17) is 11.6 Å². The predicted octanol–water partition coefficient (Wildman–Crippen LogP) is 3.58. The Morgan fingerprint density at radius 1 is 1.43 bits per heavy atom. The van der Waals surface area contributed by atoms with Crippen molar-refractivity contribution < 1.29 is 18.0 Å². The Balaban J connectivity index is 3.09. The van der Waals surface area contributed by atoms with Gasteiger partial charge in [-0.05, 0) is 32.9 Å². The van der Waals surface area contributed by atoms with Gasteiger partial charge in [-0.15, -0.1) is 0 Å². The minimum Gasteiger partial charge on any atom is -0.370 e. The first-order valence-electron chi connectivity index (χ1n) is 6.43. The maximum atomic E-state index is 12.6. The molecule has 0 aromatic carbocycles. The fourth-order valence-corrected chi connectivity index (χ4v) is 1.95. The molecule has 1 rings (SSSR count). The van der Waals surface area contributed by atoms with Gasteiger partial charge in [-0.2, -0.15) is 13.2 Å². The number of hydrogen-bond donors (Lipinski definition) is 1. The maximum Gasteiger partial charge on any atom is 0.406 e. The van der Waals surface area contributed by atoms with Gasteiger partial charge < -0.3 is 10.2 Å². The topological polar surface area (TPSA) is 45.2 Å². The lowest BCUT2D eigenvalue weighted by Crippen LogP contribution is -2.43. The Hall–Kier alpha value is -1.50. The molecule has 1 N–H and O–H groups in total. The normalized spacial score (nSPS) is 11.6. The predicted molar refractivity (Wildman–Crippen MR) is 75.6 cm³/mol. The van der Waals surface area contributed by atoms with Crippen LogP contribution in [0.5, 0.6) is 0 Å². The van der Waals surface area contributed by atoms with Crippen LogP contribution in [0.1, 0.15) is 31.1 Å². The molecule has 0 spiro atoms. The number of halogens is 4. The van der Waals surface area contributed by atoms with Crippen molar-refractivity contribution >= 4 is 23.3 Å². The summed E-state index contributed by atoms with van der Waals surface area (Å²) in [4.78, 5) is 17.0. The minimum absolute atomic E-state index is 0.0486. The number of aromatic nitrogens is 1. The number of pyridine rings is 1. The molecule has 0 fully saturated rings. The first-order valence-corrected chi connectivity index (χ1v) is 6.81. The average molecular weight is 324 g/mol. The molecule has 0 aliphatic carbocycles. The number of carbonyl (C=O) groups excluding carboxylic acids is 1. The van der Waals surface area contributed by atoms with Crippen LogP contribution in [-0.2, 0) is 0 Å². The van der Waals surface area contributed by atoms with Gasteiger partial charge in [0.2, 0.25) is 0 Å². The van der Waals surface area contributed by atoms with E-state index in [2.05, 4.69) is 10.3 Å².